The third-order valence-corrected chi connectivity index (χ3v) is 15.9. The molecule has 0 saturated carbocycles. The second-order valence-electron chi connectivity index (χ2n) is 20.3. The summed E-state index contributed by atoms with van der Waals surface area (Å²) in [5.41, 5.74) is 22.8. The molecule has 0 fully saturated rings. The van der Waals surface area contributed by atoms with Crippen molar-refractivity contribution < 1.29 is 8.83 Å². The third-order valence-electron chi connectivity index (χ3n) is 15.9. The molecule has 2 aliphatic rings. The highest BCUT2D eigenvalue weighted by atomic mass is 16.3. The topological polar surface area (TPSA) is 34.5 Å². The zero-order valence-corrected chi connectivity index (χ0v) is 40.6. The van der Waals surface area contributed by atoms with Gasteiger partial charge in [-0.3, -0.25) is 0 Å². The third kappa shape index (κ3) is 6.40. The first-order valence-electron chi connectivity index (χ1n) is 25.5. The molecule has 346 valence electrons. The molecule has 0 amide bonds. The Kier molecular flexibility index (Phi) is 9.10. The summed E-state index contributed by atoms with van der Waals surface area (Å²) in [4.78, 5) is 2.36. The predicted octanol–water partition coefficient (Wildman–Crippen LogP) is 17.3. The maximum Gasteiger partial charge on any atom is 0.143 e. The van der Waals surface area contributed by atoms with Gasteiger partial charge in [-0.25, -0.2) is 0 Å². The number of benzene rings is 10. The molecule has 0 saturated heterocycles. The van der Waals surface area contributed by atoms with Gasteiger partial charge in [-0.15, -0.1) is 0 Å². The Balaban J connectivity index is 0.842. The van der Waals surface area contributed by atoms with Crippen LogP contribution >= 0.6 is 0 Å². The number of furan rings is 2. The van der Waals surface area contributed by atoms with Crippen molar-refractivity contribution in [3.05, 3.63) is 252 Å². The van der Waals surface area contributed by atoms with Gasteiger partial charge in [-0.2, -0.15) is 0 Å². The molecule has 10 aromatic carbocycles. The first-order chi connectivity index (χ1) is 35.9. The monoisotopic (exact) mass is 936 g/mol. The summed E-state index contributed by atoms with van der Waals surface area (Å²) in [7, 11) is 0. The summed E-state index contributed by atoms with van der Waals surface area (Å²) >= 11 is 0. The van der Waals surface area contributed by atoms with Crippen LogP contribution in [0.25, 0.3) is 105 Å². The average molecular weight is 937 g/mol. The lowest BCUT2D eigenvalue weighted by Crippen LogP contribution is -2.26. The molecule has 0 spiro atoms. The molecule has 3 aromatic heterocycles. The maximum atomic E-state index is 6.53. The quantitative estimate of drug-likeness (QED) is 0.160. The average Bonchev–Trinajstić information content (AvgIpc) is 4.20. The van der Waals surface area contributed by atoms with Crippen LogP contribution in [0.5, 0.6) is 0 Å². The molecule has 73 heavy (non-hydrogen) atoms. The number of rotatable bonds is 7. The summed E-state index contributed by atoms with van der Waals surface area (Å²) in [5, 5.41) is 7.15. The Morgan fingerprint density at radius 3 is 1.79 bits per heavy atom. The second kappa shape index (κ2) is 15.9. The molecule has 13 aromatic rings. The maximum absolute atomic E-state index is 6.53. The number of aromatic nitrogens is 1. The molecular formula is C69H48N2O2. The number of hydrogen-bond acceptors (Lipinski definition) is 3. The van der Waals surface area contributed by atoms with Gasteiger partial charge in [0.1, 0.15) is 22.2 Å². The van der Waals surface area contributed by atoms with E-state index in [-0.39, 0.29) is 5.41 Å². The molecular weight excluding hydrogens is 889 g/mol. The SMILES string of the molecule is CC1(C)c2ccccc2-c2cc3c4cc(-c5ccc(N(c6ccc(C7=c8oc9ccccc9c8=CCC7)cc6)c6ccc(-c7cccc8c7oc7ccccc78)cc6)cc5)ccc4n(-c4ccccc4)c3cc21. The highest BCUT2D eigenvalue weighted by Crippen LogP contribution is 2.51. The van der Waals surface area contributed by atoms with E-state index >= 15 is 0 Å². The van der Waals surface area contributed by atoms with E-state index in [0.717, 1.165) is 85.2 Å². The van der Waals surface area contributed by atoms with Crippen molar-refractivity contribution in [2.24, 2.45) is 0 Å². The summed E-state index contributed by atoms with van der Waals surface area (Å²) in [6, 6.07) is 81.8. The van der Waals surface area contributed by atoms with Gasteiger partial charge in [0.25, 0.3) is 0 Å². The standard InChI is InChI=1S/C69H48N2O2/c1-69(2)61-23-9-6-16-53(61)58-41-60-59-40-46(32-39-63(59)71(64(60)42-62(58)69)47-14-4-3-5-15-47)43-26-33-48(34-27-43)70(49-35-28-44(29-36-49)51-19-12-21-56-54-17-7-10-24-65(54)72-67(51)56)50-37-30-45(31-38-50)52-20-13-22-57-55-18-8-11-25-66(55)73-68(52)57/h3-12,14-19,21-42H,13,20H2,1-2H3. The van der Waals surface area contributed by atoms with Crippen molar-refractivity contribution in [2.45, 2.75) is 32.1 Å². The first-order valence-corrected chi connectivity index (χ1v) is 25.5. The fourth-order valence-corrected chi connectivity index (χ4v) is 12.3. The Morgan fingerprint density at radius 1 is 0.425 bits per heavy atom. The van der Waals surface area contributed by atoms with E-state index in [1.165, 1.54) is 71.4 Å². The van der Waals surface area contributed by atoms with E-state index in [1.54, 1.807) is 0 Å². The van der Waals surface area contributed by atoms with Gasteiger partial charge < -0.3 is 18.3 Å². The summed E-state index contributed by atoms with van der Waals surface area (Å²) < 4.78 is 15.5. The normalized spacial score (nSPS) is 13.7. The molecule has 4 heteroatoms. The minimum atomic E-state index is -0.0974. The fraction of sp³-hybridized carbons (Fsp3) is 0.0725. The minimum absolute atomic E-state index is 0.0974. The van der Waals surface area contributed by atoms with Gasteiger partial charge in [0.05, 0.1) is 11.0 Å². The van der Waals surface area contributed by atoms with Crippen molar-refractivity contribution in [1.29, 1.82) is 0 Å². The fourth-order valence-electron chi connectivity index (χ4n) is 12.3. The second-order valence-corrected chi connectivity index (χ2v) is 20.3. The number of nitrogens with zero attached hydrogens (tertiary/aromatic N) is 2. The van der Waals surface area contributed by atoms with Crippen molar-refractivity contribution in [1.82, 2.24) is 4.57 Å². The Morgan fingerprint density at radius 2 is 1.03 bits per heavy atom. The van der Waals surface area contributed by atoms with Crippen LogP contribution in [-0.2, 0) is 5.41 Å². The van der Waals surface area contributed by atoms with Crippen molar-refractivity contribution >= 4 is 83.4 Å². The van der Waals surface area contributed by atoms with Crippen molar-refractivity contribution in [3.63, 3.8) is 0 Å². The van der Waals surface area contributed by atoms with Gasteiger partial charge in [0, 0.05) is 71.5 Å². The zero-order valence-electron chi connectivity index (χ0n) is 40.6. The van der Waals surface area contributed by atoms with Crippen LogP contribution in [-0.4, -0.2) is 4.57 Å². The minimum Gasteiger partial charge on any atom is -0.456 e. The van der Waals surface area contributed by atoms with E-state index in [9.17, 15) is 0 Å². The van der Waals surface area contributed by atoms with Crippen molar-refractivity contribution in [3.8, 4) is 39.1 Å². The van der Waals surface area contributed by atoms with E-state index in [2.05, 4.69) is 236 Å². The molecule has 15 rings (SSSR count). The molecule has 0 N–H and O–H groups in total. The van der Waals surface area contributed by atoms with Crippen LogP contribution in [0.3, 0.4) is 0 Å². The van der Waals surface area contributed by atoms with Crippen LogP contribution in [0, 0.1) is 0 Å². The van der Waals surface area contributed by atoms with Crippen LogP contribution in [0.15, 0.2) is 233 Å². The molecule has 0 aliphatic heterocycles. The van der Waals surface area contributed by atoms with Crippen molar-refractivity contribution in [2.75, 3.05) is 4.90 Å². The molecule has 0 atom stereocenters. The largest absolute Gasteiger partial charge is 0.456 e. The van der Waals surface area contributed by atoms with Gasteiger partial charge in [-0.1, -0.05) is 159 Å². The summed E-state index contributed by atoms with van der Waals surface area (Å²) in [6.45, 7) is 4.73. The number of hydrogen-bond donors (Lipinski definition) is 0. The van der Waals surface area contributed by atoms with Gasteiger partial charge in [-0.05, 0) is 142 Å². The van der Waals surface area contributed by atoms with Gasteiger partial charge >= 0.3 is 0 Å². The van der Waals surface area contributed by atoms with E-state index in [1.807, 2.05) is 18.2 Å². The lowest BCUT2D eigenvalue weighted by Gasteiger charge is -2.26. The number of fused-ring (bicyclic) bond motifs is 12. The molecule has 4 nitrogen and oxygen atoms in total. The first kappa shape index (κ1) is 41.6. The Labute approximate surface area is 422 Å². The van der Waals surface area contributed by atoms with E-state index in [0.29, 0.717) is 0 Å². The van der Waals surface area contributed by atoms with Gasteiger partial charge in [0.15, 0.2) is 0 Å². The smallest absolute Gasteiger partial charge is 0.143 e. The summed E-state index contributed by atoms with van der Waals surface area (Å²) in [5.74, 6) is 0. The highest BCUT2D eigenvalue weighted by Gasteiger charge is 2.36. The van der Waals surface area contributed by atoms with E-state index < -0.39 is 0 Å². The van der Waals surface area contributed by atoms with Crippen LogP contribution in [0.4, 0.5) is 17.1 Å². The molecule has 3 heterocycles. The molecule has 0 radical (unpaired) electrons. The zero-order chi connectivity index (χ0) is 48.4. The summed E-state index contributed by atoms with van der Waals surface area (Å²) in [6.07, 6.45) is 4.25. The lowest BCUT2D eigenvalue weighted by atomic mass is 9.82. The molecule has 2 aliphatic carbocycles. The predicted molar refractivity (Wildman–Crippen MR) is 303 cm³/mol. The molecule has 0 bridgehead atoms. The van der Waals surface area contributed by atoms with Crippen LogP contribution in [0.1, 0.15) is 43.4 Å². The van der Waals surface area contributed by atoms with Crippen LogP contribution in [0.2, 0.25) is 0 Å². The Hall–Kier alpha value is -9.12. The Bertz CT molecular complexity index is 4490. The highest BCUT2D eigenvalue weighted by molar-refractivity contribution is 6.13. The molecule has 0 unspecified atom stereocenters. The van der Waals surface area contributed by atoms with Crippen LogP contribution < -0.4 is 15.5 Å². The van der Waals surface area contributed by atoms with E-state index in [4.69, 9.17) is 8.83 Å². The number of anilines is 3. The van der Waals surface area contributed by atoms with Gasteiger partial charge in [0.2, 0.25) is 0 Å². The number of para-hydroxylation sites is 4. The lowest BCUT2D eigenvalue weighted by molar-refractivity contribution is 0.568.